The molecule has 1 aliphatic rings. The van der Waals surface area contributed by atoms with Gasteiger partial charge in [-0.05, 0) is 25.2 Å². The van der Waals surface area contributed by atoms with Crippen molar-refractivity contribution in [2.45, 2.75) is 25.7 Å². The Hall–Kier alpha value is -1.79. The van der Waals surface area contributed by atoms with Crippen LogP contribution in [-0.2, 0) is 9.59 Å². The summed E-state index contributed by atoms with van der Waals surface area (Å²) in [6.45, 7) is 1.00. The van der Waals surface area contributed by atoms with Crippen molar-refractivity contribution in [2.75, 3.05) is 19.6 Å². The third-order valence-electron chi connectivity index (χ3n) is 2.99. The first-order valence-electron chi connectivity index (χ1n) is 6.02. The van der Waals surface area contributed by atoms with Gasteiger partial charge in [0.25, 0.3) is 0 Å². The normalized spacial score (nSPS) is 19.3. The van der Waals surface area contributed by atoms with Gasteiger partial charge in [0.15, 0.2) is 0 Å². The maximum absolute atomic E-state index is 11.7. The molecule has 7 nitrogen and oxygen atoms in total. The first-order valence-corrected chi connectivity index (χ1v) is 6.02. The van der Waals surface area contributed by atoms with Crippen LogP contribution in [0, 0.1) is 5.92 Å². The number of carbonyl (C=O) groups is 3. The maximum Gasteiger partial charge on any atom is 0.317 e. The largest absolute Gasteiger partial charge is 0.481 e. The fourth-order valence-electron chi connectivity index (χ4n) is 2.09. The van der Waals surface area contributed by atoms with Crippen molar-refractivity contribution in [1.82, 2.24) is 10.2 Å². The summed E-state index contributed by atoms with van der Waals surface area (Å²) in [6.07, 6.45) is 2.50. The molecule has 18 heavy (non-hydrogen) atoms. The molecule has 1 rings (SSSR count). The minimum Gasteiger partial charge on any atom is -0.481 e. The summed E-state index contributed by atoms with van der Waals surface area (Å²) >= 11 is 0. The Balaban J connectivity index is 2.35. The van der Waals surface area contributed by atoms with E-state index in [1.807, 2.05) is 0 Å². The molecule has 3 amide bonds. The van der Waals surface area contributed by atoms with Crippen molar-refractivity contribution >= 4 is 17.9 Å². The maximum atomic E-state index is 11.7. The van der Waals surface area contributed by atoms with E-state index in [1.165, 1.54) is 0 Å². The molecule has 1 saturated heterocycles. The molecule has 0 spiro atoms. The number of nitrogens with zero attached hydrogens (tertiary/aromatic N) is 1. The van der Waals surface area contributed by atoms with Crippen LogP contribution in [-0.4, -0.2) is 47.5 Å². The van der Waals surface area contributed by atoms with Crippen LogP contribution in [0.5, 0.6) is 0 Å². The van der Waals surface area contributed by atoms with Gasteiger partial charge < -0.3 is 21.1 Å². The number of piperidine rings is 1. The van der Waals surface area contributed by atoms with Crippen LogP contribution < -0.4 is 11.1 Å². The van der Waals surface area contributed by atoms with Gasteiger partial charge in [-0.3, -0.25) is 9.59 Å². The predicted molar refractivity (Wildman–Crippen MR) is 63.8 cm³/mol. The highest BCUT2D eigenvalue weighted by Gasteiger charge is 2.23. The fraction of sp³-hybridized carbons (Fsp3) is 0.727. The first-order chi connectivity index (χ1) is 8.49. The van der Waals surface area contributed by atoms with Crippen LogP contribution in [0.25, 0.3) is 0 Å². The number of amides is 3. The molecule has 0 aromatic rings. The SMILES string of the molecule is NC(=O)CNC(=O)N1CCCC(CCC(=O)O)C1. The van der Waals surface area contributed by atoms with E-state index < -0.39 is 11.9 Å². The molecule has 0 radical (unpaired) electrons. The minimum absolute atomic E-state index is 0.126. The Morgan fingerprint density at radius 2 is 2.11 bits per heavy atom. The molecule has 0 aliphatic carbocycles. The molecule has 102 valence electrons. The summed E-state index contributed by atoms with van der Waals surface area (Å²) in [5, 5.41) is 11.1. The Kier molecular flexibility index (Phi) is 5.41. The van der Waals surface area contributed by atoms with Crippen LogP contribution in [0.3, 0.4) is 0 Å². The number of hydrogen-bond donors (Lipinski definition) is 3. The number of carbonyl (C=O) groups excluding carboxylic acids is 2. The van der Waals surface area contributed by atoms with E-state index in [1.54, 1.807) is 4.90 Å². The first kappa shape index (κ1) is 14.3. The van der Waals surface area contributed by atoms with Crippen LogP contribution >= 0.6 is 0 Å². The van der Waals surface area contributed by atoms with Crippen LogP contribution in [0.2, 0.25) is 0 Å². The van der Waals surface area contributed by atoms with Crippen molar-refractivity contribution < 1.29 is 19.5 Å². The third-order valence-corrected chi connectivity index (χ3v) is 2.99. The molecule has 0 saturated carbocycles. The zero-order valence-corrected chi connectivity index (χ0v) is 10.2. The average molecular weight is 257 g/mol. The highest BCUT2D eigenvalue weighted by Crippen LogP contribution is 2.20. The van der Waals surface area contributed by atoms with Gasteiger partial charge in [-0.2, -0.15) is 0 Å². The molecule has 0 aromatic carbocycles. The van der Waals surface area contributed by atoms with Gasteiger partial charge in [0.2, 0.25) is 5.91 Å². The number of nitrogens with two attached hydrogens (primary N) is 1. The second kappa shape index (κ2) is 6.83. The number of hydrogen-bond acceptors (Lipinski definition) is 3. The molecule has 0 aromatic heterocycles. The van der Waals surface area contributed by atoms with E-state index in [4.69, 9.17) is 10.8 Å². The number of carboxylic acid groups (broad SMARTS) is 1. The summed E-state index contributed by atoms with van der Waals surface area (Å²) in [6, 6.07) is -0.311. The van der Waals surface area contributed by atoms with Gasteiger partial charge in [-0.1, -0.05) is 0 Å². The van der Waals surface area contributed by atoms with Crippen molar-refractivity contribution in [3.8, 4) is 0 Å². The molecule has 7 heteroatoms. The Morgan fingerprint density at radius 3 is 2.72 bits per heavy atom. The summed E-state index contributed by atoms with van der Waals surface area (Å²) in [5.74, 6) is -1.18. The number of nitrogens with one attached hydrogen (secondary N) is 1. The summed E-state index contributed by atoms with van der Waals surface area (Å²) in [4.78, 5) is 34.3. The number of urea groups is 1. The highest BCUT2D eigenvalue weighted by molar-refractivity contribution is 5.82. The monoisotopic (exact) mass is 257 g/mol. The number of rotatable bonds is 5. The Morgan fingerprint density at radius 1 is 1.39 bits per heavy atom. The lowest BCUT2D eigenvalue weighted by molar-refractivity contribution is -0.137. The lowest BCUT2D eigenvalue weighted by atomic mass is 9.93. The number of carboxylic acids is 1. The second-order valence-electron chi connectivity index (χ2n) is 4.51. The highest BCUT2D eigenvalue weighted by atomic mass is 16.4. The van der Waals surface area contributed by atoms with Gasteiger partial charge in [-0.25, -0.2) is 4.79 Å². The van der Waals surface area contributed by atoms with Crippen LogP contribution in [0.4, 0.5) is 4.79 Å². The number of aliphatic carboxylic acids is 1. The predicted octanol–water partition coefficient (Wildman–Crippen LogP) is -0.242. The van der Waals surface area contributed by atoms with Gasteiger partial charge >= 0.3 is 12.0 Å². The summed E-state index contributed by atoms with van der Waals surface area (Å²) in [5.41, 5.74) is 4.94. The van der Waals surface area contributed by atoms with E-state index >= 15 is 0 Å². The molecular weight excluding hydrogens is 238 g/mol. The van der Waals surface area contributed by atoms with E-state index in [2.05, 4.69) is 5.32 Å². The minimum atomic E-state index is -0.815. The third kappa shape index (κ3) is 5.03. The average Bonchev–Trinajstić information content (AvgIpc) is 2.33. The van der Waals surface area contributed by atoms with E-state index in [9.17, 15) is 14.4 Å². The van der Waals surface area contributed by atoms with Gasteiger partial charge in [-0.15, -0.1) is 0 Å². The summed E-state index contributed by atoms with van der Waals surface area (Å²) < 4.78 is 0. The standard InChI is InChI=1S/C11H19N3O4/c12-9(15)6-13-11(18)14-5-1-2-8(7-14)3-4-10(16)17/h8H,1-7H2,(H2,12,15)(H,13,18)(H,16,17). The molecule has 4 N–H and O–H groups in total. The van der Waals surface area contributed by atoms with Gasteiger partial charge in [0, 0.05) is 19.5 Å². The van der Waals surface area contributed by atoms with Crippen molar-refractivity contribution in [1.29, 1.82) is 0 Å². The van der Waals surface area contributed by atoms with E-state index in [0.717, 1.165) is 12.8 Å². The van der Waals surface area contributed by atoms with E-state index in [0.29, 0.717) is 19.5 Å². The summed E-state index contributed by atoms with van der Waals surface area (Å²) in [7, 11) is 0. The molecule has 1 unspecified atom stereocenters. The van der Waals surface area contributed by atoms with Crippen molar-refractivity contribution in [3.05, 3.63) is 0 Å². The van der Waals surface area contributed by atoms with Crippen LogP contribution in [0.15, 0.2) is 0 Å². The van der Waals surface area contributed by atoms with Gasteiger partial charge in [0.1, 0.15) is 0 Å². The van der Waals surface area contributed by atoms with Crippen molar-refractivity contribution in [2.24, 2.45) is 11.7 Å². The number of likely N-dealkylation sites (tertiary alicyclic amines) is 1. The molecule has 1 fully saturated rings. The quantitative estimate of drug-likeness (QED) is 0.630. The second-order valence-corrected chi connectivity index (χ2v) is 4.51. The van der Waals surface area contributed by atoms with Crippen molar-refractivity contribution in [3.63, 3.8) is 0 Å². The topological polar surface area (TPSA) is 113 Å². The Labute approximate surface area is 105 Å². The zero-order chi connectivity index (χ0) is 13.5. The van der Waals surface area contributed by atoms with E-state index in [-0.39, 0.29) is 24.9 Å². The molecule has 0 bridgehead atoms. The fourth-order valence-corrected chi connectivity index (χ4v) is 2.09. The molecule has 1 atom stereocenters. The van der Waals surface area contributed by atoms with Crippen LogP contribution in [0.1, 0.15) is 25.7 Å². The van der Waals surface area contributed by atoms with Gasteiger partial charge in [0.05, 0.1) is 6.54 Å². The number of primary amides is 1. The lowest BCUT2D eigenvalue weighted by Gasteiger charge is -2.32. The molecular formula is C11H19N3O4. The zero-order valence-electron chi connectivity index (χ0n) is 10.2. The lowest BCUT2D eigenvalue weighted by Crippen LogP contribution is -2.47. The Bertz CT molecular complexity index is 332. The smallest absolute Gasteiger partial charge is 0.317 e. The molecule has 1 heterocycles. The molecule has 1 aliphatic heterocycles.